The molecule has 5 nitrogen and oxygen atoms in total. The summed E-state index contributed by atoms with van der Waals surface area (Å²) in [5.74, 6) is -0.195. The van der Waals surface area contributed by atoms with Crippen LogP contribution in [0.3, 0.4) is 0 Å². The van der Waals surface area contributed by atoms with Gasteiger partial charge in [-0.3, -0.25) is 9.78 Å². The Balaban J connectivity index is 1.47. The molecule has 0 atom stereocenters. The van der Waals surface area contributed by atoms with Crippen LogP contribution >= 0.6 is 0 Å². The van der Waals surface area contributed by atoms with Gasteiger partial charge in [0, 0.05) is 29.9 Å². The zero-order chi connectivity index (χ0) is 21.8. The molecular formula is C25H22N2O3S. The van der Waals surface area contributed by atoms with Gasteiger partial charge in [-0.1, -0.05) is 43.3 Å². The van der Waals surface area contributed by atoms with Gasteiger partial charge < -0.3 is 5.32 Å². The number of pyridine rings is 1. The number of hydrogen-bond donors (Lipinski definition) is 1. The molecular weight excluding hydrogens is 408 g/mol. The largest absolute Gasteiger partial charge is 0.348 e. The van der Waals surface area contributed by atoms with Crippen molar-refractivity contribution >= 4 is 26.5 Å². The summed E-state index contributed by atoms with van der Waals surface area (Å²) in [6.45, 7) is 2.24. The minimum absolute atomic E-state index is 0.195. The van der Waals surface area contributed by atoms with E-state index in [1.54, 1.807) is 60.9 Å². The molecule has 0 spiro atoms. The number of aryl methyl sites for hydroxylation is 1. The summed E-state index contributed by atoms with van der Waals surface area (Å²) in [5.41, 5.74) is 2.17. The molecule has 1 amide bonds. The van der Waals surface area contributed by atoms with E-state index >= 15 is 0 Å². The fourth-order valence-electron chi connectivity index (χ4n) is 3.48. The lowest BCUT2D eigenvalue weighted by Gasteiger charge is -2.10. The molecule has 1 aromatic heterocycles. The van der Waals surface area contributed by atoms with Gasteiger partial charge in [-0.05, 0) is 59.3 Å². The maximum atomic E-state index is 13.0. The van der Waals surface area contributed by atoms with Crippen molar-refractivity contribution in [2.24, 2.45) is 0 Å². The molecule has 0 bridgehead atoms. The summed E-state index contributed by atoms with van der Waals surface area (Å²) < 4.78 is 26.0. The van der Waals surface area contributed by atoms with Gasteiger partial charge in [-0.2, -0.15) is 0 Å². The first-order chi connectivity index (χ1) is 15.0. The van der Waals surface area contributed by atoms with Crippen molar-refractivity contribution in [2.45, 2.75) is 29.7 Å². The summed E-state index contributed by atoms with van der Waals surface area (Å²) >= 11 is 0. The minimum Gasteiger partial charge on any atom is -0.348 e. The topological polar surface area (TPSA) is 76.1 Å². The number of rotatable bonds is 6. The number of benzene rings is 3. The van der Waals surface area contributed by atoms with Crippen molar-refractivity contribution in [3.8, 4) is 0 Å². The molecule has 1 N–H and O–H groups in total. The van der Waals surface area contributed by atoms with Crippen LogP contribution in [-0.2, 0) is 22.8 Å². The number of hydrogen-bond acceptors (Lipinski definition) is 4. The van der Waals surface area contributed by atoms with Crippen LogP contribution in [0.2, 0.25) is 0 Å². The second-order valence-electron chi connectivity index (χ2n) is 7.23. The molecule has 0 radical (unpaired) electrons. The third kappa shape index (κ3) is 4.34. The number of carbonyl (C=O) groups is 1. The highest BCUT2D eigenvalue weighted by Crippen LogP contribution is 2.25. The van der Waals surface area contributed by atoms with Crippen LogP contribution in [0, 0.1) is 0 Å². The molecule has 4 rings (SSSR count). The van der Waals surface area contributed by atoms with E-state index in [-0.39, 0.29) is 10.8 Å². The predicted octanol–water partition coefficient (Wildman–Crippen LogP) is 4.56. The smallest absolute Gasteiger partial charge is 0.251 e. The van der Waals surface area contributed by atoms with Crippen molar-refractivity contribution in [1.29, 1.82) is 0 Å². The van der Waals surface area contributed by atoms with Gasteiger partial charge in [0.1, 0.15) is 0 Å². The van der Waals surface area contributed by atoms with E-state index in [0.29, 0.717) is 23.4 Å². The molecule has 3 aromatic carbocycles. The van der Waals surface area contributed by atoms with Crippen molar-refractivity contribution < 1.29 is 13.2 Å². The Kier molecular flexibility index (Phi) is 5.82. The third-order valence-electron chi connectivity index (χ3n) is 5.23. The summed E-state index contributed by atoms with van der Waals surface area (Å²) in [5, 5.41) is 4.80. The lowest BCUT2D eigenvalue weighted by atomic mass is 10.1. The number of amides is 1. The Bertz CT molecular complexity index is 1350. The SMILES string of the molecule is CCc1ccccc1S(=O)(=O)c1ccc(CNC(=O)c2ccc3ccncc3c2)cc1. The Morgan fingerprint density at radius 2 is 1.71 bits per heavy atom. The number of aromatic nitrogens is 1. The number of nitrogens with zero attached hydrogens (tertiary/aromatic N) is 1. The summed E-state index contributed by atoms with van der Waals surface area (Å²) in [7, 11) is -3.59. The van der Waals surface area contributed by atoms with Crippen molar-refractivity contribution in [3.63, 3.8) is 0 Å². The van der Waals surface area contributed by atoms with Crippen LogP contribution in [0.25, 0.3) is 10.8 Å². The molecule has 0 fully saturated rings. The maximum absolute atomic E-state index is 13.0. The molecule has 4 aromatic rings. The van der Waals surface area contributed by atoms with Gasteiger partial charge in [-0.25, -0.2) is 8.42 Å². The van der Waals surface area contributed by atoms with Crippen LogP contribution in [-0.4, -0.2) is 19.3 Å². The molecule has 0 aliphatic carbocycles. The quantitative estimate of drug-likeness (QED) is 0.487. The van der Waals surface area contributed by atoms with E-state index < -0.39 is 9.84 Å². The Labute approximate surface area is 181 Å². The van der Waals surface area contributed by atoms with Gasteiger partial charge in [0.25, 0.3) is 5.91 Å². The number of fused-ring (bicyclic) bond motifs is 1. The van der Waals surface area contributed by atoms with E-state index in [1.807, 2.05) is 31.2 Å². The van der Waals surface area contributed by atoms with E-state index in [1.165, 1.54) is 0 Å². The van der Waals surface area contributed by atoms with E-state index in [4.69, 9.17) is 0 Å². The zero-order valence-electron chi connectivity index (χ0n) is 17.1. The van der Waals surface area contributed by atoms with Gasteiger partial charge in [-0.15, -0.1) is 0 Å². The highest BCUT2D eigenvalue weighted by Gasteiger charge is 2.20. The maximum Gasteiger partial charge on any atom is 0.251 e. The molecule has 1 heterocycles. The molecule has 0 saturated carbocycles. The second kappa shape index (κ2) is 8.70. The number of nitrogens with one attached hydrogen (secondary N) is 1. The normalized spacial score (nSPS) is 11.4. The summed E-state index contributed by atoms with van der Waals surface area (Å²) in [6.07, 6.45) is 4.08. The number of carbonyl (C=O) groups excluding carboxylic acids is 1. The van der Waals surface area contributed by atoms with Crippen molar-refractivity contribution in [3.05, 3.63) is 102 Å². The third-order valence-corrected chi connectivity index (χ3v) is 7.10. The first-order valence-electron chi connectivity index (χ1n) is 10.0. The predicted molar refractivity (Wildman–Crippen MR) is 121 cm³/mol. The lowest BCUT2D eigenvalue weighted by molar-refractivity contribution is 0.0951. The van der Waals surface area contributed by atoms with E-state index in [9.17, 15) is 13.2 Å². The minimum atomic E-state index is -3.59. The van der Waals surface area contributed by atoms with Crippen LogP contribution in [0.4, 0.5) is 0 Å². The summed E-state index contributed by atoms with van der Waals surface area (Å²) in [6, 6.07) is 21.0. The fraction of sp³-hybridized carbons (Fsp3) is 0.120. The van der Waals surface area contributed by atoms with Gasteiger partial charge in [0.2, 0.25) is 9.84 Å². The second-order valence-corrected chi connectivity index (χ2v) is 9.15. The average Bonchev–Trinajstić information content (AvgIpc) is 2.82. The highest BCUT2D eigenvalue weighted by molar-refractivity contribution is 7.91. The molecule has 0 aliphatic heterocycles. The molecule has 0 unspecified atom stereocenters. The first-order valence-corrected chi connectivity index (χ1v) is 11.5. The van der Waals surface area contributed by atoms with Crippen LogP contribution < -0.4 is 5.32 Å². The van der Waals surface area contributed by atoms with Crippen LogP contribution in [0.5, 0.6) is 0 Å². The Hall–Kier alpha value is -3.51. The van der Waals surface area contributed by atoms with E-state index in [0.717, 1.165) is 21.9 Å². The first kappa shape index (κ1) is 20.8. The Morgan fingerprint density at radius 3 is 2.48 bits per heavy atom. The van der Waals surface area contributed by atoms with Gasteiger partial charge in [0.15, 0.2) is 0 Å². The lowest BCUT2D eigenvalue weighted by Crippen LogP contribution is -2.22. The molecule has 6 heteroatoms. The van der Waals surface area contributed by atoms with Gasteiger partial charge in [0.05, 0.1) is 9.79 Å². The molecule has 0 aliphatic rings. The molecule has 0 saturated heterocycles. The average molecular weight is 431 g/mol. The monoisotopic (exact) mass is 430 g/mol. The highest BCUT2D eigenvalue weighted by atomic mass is 32.2. The van der Waals surface area contributed by atoms with Gasteiger partial charge >= 0.3 is 0 Å². The zero-order valence-corrected chi connectivity index (χ0v) is 17.9. The number of sulfone groups is 1. The Morgan fingerprint density at radius 1 is 0.935 bits per heavy atom. The summed E-state index contributed by atoms with van der Waals surface area (Å²) in [4.78, 5) is 17.2. The van der Waals surface area contributed by atoms with Crippen LogP contribution in [0.15, 0.2) is 95.0 Å². The molecule has 156 valence electrons. The van der Waals surface area contributed by atoms with Crippen molar-refractivity contribution in [2.75, 3.05) is 0 Å². The molecule has 31 heavy (non-hydrogen) atoms. The van der Waals surface area contributed by atoms with Crippen molar-refractivity contribution in [1.82, 2.24) is 10.3 Å². The standard InChI is InChI=1S/C25H22N2O3S/c1-2-19-5-3-4-6-24(19)31(29,30)23-11-7-18(8-12-23)16-27-25(28)21-10-9-20-13-14-26-17-22(20)15-21/h3-15,17H,2,16H2,1H3,(H,27,28). The fourth-order valence-corrected chi connectivity index (χ4v) is 5.05. The van der Waals surface area contributed by atoms with E-state index in [2.05, 4.69) is 10.3 Å². The van der Waals surface area contributed by atoms with Crippen LogP contribution in [0.1, 0.15) is 28.4 Å².